The van der Waals surface area contributed by atoms with Crippen molar-refractivity contribution in [2.75, 3.05) is 26.2 Å². The fourth-order valence-electron chi connectivity index (χ4n) is 4.18. The summed E-state index contributed by atoms with van der Waals surface area (Å²) in [6.45, 7) is 4.79. The van der Waals surface area contributed by atoms with Gasteiger partial charge in [0.05, 0.1) is 21.2 Å². The molecular weight excluding hydrogens is 529 g/mol. The maximum atomic E-state index is 13.2. The van der Waals surface area contributed by atoms with Crippen LogP contribution in [0.25, 0.3) is 0 Å². The second-order valence-corrected chi connectivity index (χ2v) is 10.0. The molecule has 0 radical (unpaired) electrons. The number of benzene rings is 2. The normalized spacial score (nSPS) is 16.7. The van der Waals surface area contributed by atoms with E-state index in [-0.39, 0.29) is 18.5 Å². The SMILES string of the molecule is CC1CCN(CCC(CNC(=O)c2cc(C(F)(F)F)cc(C(F)(F)F)c2)c2ccc(Cl)c(Cl)c2)CC1. The lowest BCUT2D eigenvalue weighted by Gasteiger charge is -2.31. The van der Waals surface area contributed by atoms with Gasteiger partial charge >= 0.3 is 12.4 Å². The van der Waals surface area contributed by atoms with Crippen molar-refractivity contribution in [2.45, 2.75) is 44.5 Å². The molecule has 0 aromatic heterocycles. The first kappa shape index (κ1) is 28.6. The van der Waals surface area contributed by atoms with Crippen molar-refractivity contribution in [2.24, 2.45) is 5.92 Å². The molecule has 11 heteroatoms. The number of rotatable bonds is 7. The summed E-state index contributed by atoms with van der Waals surface area (Å²) < 4.78 is 79.1. The molecule has 0 spiro atoms. The highest BCUT2D eigenvalue weighted by Crippen LogP contribution is 2.36. The summed E-state index contributed by atoms with van der Waals surface area (Å²) in [4.78, 5) is 15.0. The number of halogens is 8. The van der Waals surface area contributed by atoms with Gasteiger partial charge in [0, 0.05) is 18.0 Å². The third-order valence-corrected chi connectivity index (χ3v) is 7.18. The number of nitrogens with zero attached hydrogens (tertiary/aromatic N) is 1. The van der Waals surface area contributed by atoms with Gasteiger partial charge in [0.1, 0.15) is 0 Å². The van der Waals surface area contributed by atoms with Crippen LogP contribution in [-0.2, 0) is 12.4 Å². The second kappa shape index (κ2) is 11.6. The number of carbonyl (C=O) groups is 1. The van der Waals surface area contributed by atoms with Crippen LogP contribution in [0.4, 0.5) is 26.3 Å². The van der Waals surface area contributed by atoms with Crippen molar-refractivity contribution >= 4 is 29.1 Å². The predicted octanol–water partition coefficient (Wildman–Crippen LogP) is 7.67. The first-order chi connectivity index (χ1) is 16.7. The summed E-state index contributed by atoms with van der Waals surface area (Å²) in [5, 5.41) is 3.17. The molecule has 2 aromatic rings. The minimum Gasteiger partial charge on any atom is -0.351 e. The average Bonchev–Trinajstić information content (AvgIpc) is 2.80. The van der Waals surface area contributed by atoms with Crippen LogP contribution in [0.15, 0.2) is 36.4 Å². The molecule has 3 nitrogen and oxygen atoms in total. The van der Waals surface area contributed by atoms with Gasteiger partial charge in [-0.1, -0.05) is 36.2 Å². The van der Waals surface area contributed by atoms with Gasteiger partial charge in [0.15, 0.2) is 0 Å². The fraction of sp³-hybridized carbons (Fsp3) is 0.480. The molecule has 1 aliphatic rings. The number of hydrogen-bond donors (Lipinski definition) is 1. The van der Waals surface area contributed by atoms with E-state index in [4.69, 9.17) is 23.2 Å². The summed E-state index contributed by atoms with van der Waals surface area (Å²) in [7, 11) is 0. The van der Waals surface area contributed by atoms with Gasteiger partial charge in [-0.15, -0.1) is 0 Å². The third kappa shape index (κ3) is 7.76. The Bertz CT molecular complexity index is 1030. The van der Waals surface area contributed by atoms with Gasteiger partial charge in [-0.25, -0.2) is 0 Å². The highest BCUT2D eigenvalue weighted by Gasteiger charge is 2.37. The molecule has 1 amide bonds. The van der Waals surface area contributed by atoms with Crippen molar-refractivity contribution < 1.29 is 31.1 Å². The first-order valence-electron chi connectivity index (χ1n) is 11.5. The van der Waals surface area contributed by atoms with Crippen LogP contribution >= 0.6 is 23.2 Å². The molecule has 1 saturated heterocycles. The largest absolute Gasteiger partial charge is 0.416 e. The molecule has 1 heterocycles. The Labute approximate surface area is 215 Å². The molecule has 1 aliphatic heterocycles. The van der Waals surface area contributed by atoms with E-state index < -0.39 is 35.0 Å². The summed E-state index contributed by atoms with van der Waals surface area (Å²) in [6.07, 6.45) is -7.32. The van der Waals surface area contributed by atoms with Crippen molar-refractivity contribution in [3.63, 3.8) is 0 Å². The van der Waals surface area contributed by atoms with E-state index in [1.165, 1.54) is 0 Å². The number of likely N-dealkylation sites (tertiary alicyclic amines) is 1. The van der Waals surface area contributed by atoms with Crippen molar-refractivity contribution in [1.29, 1.82) is 0 Å². The number of carbonyl (C=O) groups excluding carboxylic acids is 1. The number of hydrogen-bond acceptors (Lipinski definition) is 2. The Morgan fingerprint density at radius 1 is 0.972 bits per heavy atom. The zero-order valence-corrected chi connectivity index (χ0v) is 21.0. The van der Waals surface area contributed by atoms with Crippen LogP contribution in [0.2, 0.25) is 10.0 Å². The maximum absolute atomic E-state index is 13.2. The van der Waals surface area contributed by atoms with Crippen molar-refractivity contribution in [3.05, 3.63) is 68.7 Å². The smallest absolute Gasteiger partial charge is 0.351 e. The van der Waals surface area contributed by atoms with E-state index in [1.54, 1.807) is 18.2 Å². The predicted molar refractivity (Wildman–Crippen MR) is 127 cm³/mol. The lowest BCUT2D eigenvalue weighted by atomic mass is 9.93. The van der Waals surface area contributed by atoms with Crippen LogP contribution in [0.3, 0.4) is 0 Å². The zero-order chi connectivity index (χ0) is 26.7. The topological polar surface area (TPSA) is 32.3 Å². The minimum absolute atomic E-state index is 0.00136. The number of alkyl halides is 6. The summed E-state index contributed by atoms with van der Waals surface area (Å²) in [5.74, 6) is -0.653. The van der Waals surface area contributed by atoms with Gasteiger partial charge in [0.25, 0.3) is 5.91 Å². The molecule has 3 rings (SSSR count). The van der Waals surface area contributed by atoms with Gasteiger partial charge < -0.3 is 10.2 Å². The molecule has 2 aromatic carbocycles. The van der Waals surface area contributed by atoms with Gasteiger partial charge in [-0.3, -0.25) is 4.79 Å². The van der Waals surface area contributed by atoms with Crippen LogP contribution in [0.5, 0.6) is 0 Å². The molecule has 1 unspecified atom stereocenters. The molecule has 0 bridgehead atoms. The minimum atomic E-state index is -5.04. The quantitative estimate of drug-likeness (QED) is 0.356. The Hall–Kier alpha value is -1.97. The fourth-order valence-corrected chi connectivity index (χ4v) is 4.49. The van der Waals surface area contributed by atoms with E-state index in [2.05, 4.69) is 17.1 Å². The standard InChI is InChI=1S/C25H26Cl2F6N2O/c1-15-4-7-35(8-5-15)9-6-17(16-2-3-21(26)22(27)12-16)14-34-23(36)18-10-19(24(28,29)30)13-20(11-18)25(31,32)33/h2-3,10-13,15,17H,4-9,14H2,1H3,(H,34,36). The summed E-state index contributed by atoms with van der Waals surface area (Å²) >= 11 is 12.2. The Morgan fingerprint density at radius 2 is 1.56 bits per heavy atom. The molecule has 1 atom stereocenters. The van der Waals surface area contributed by atoms with Gasteiger partial charge in [-0.2, -0.15) is 26.3 Å². The Balaban J connectivity index is 1.79. The number of nitrogens with one attached hydrogen (secondary N) is 1. The molecule has 36 heavy (non-hydrogen) atoms. The monoisotopic (exact) mass is 554 g/mol. The van der Waals surface area contributed by atoms with Crippen molar-refractivity contribution in [1.82, 2.24) is 10.2 Å². The zero-order valence-electron chi connectivity index (χ0n) is 19.4. The van der Waals surface area contributed by atoms with E-state index in [0.29, 0.717) is 34.5 Å². The first-order valence-corrected chi connectivity index (χ1v) is 12.2. The summed E-state index contributed by atoms with van der Waals surface area (Å²) in [6, 6.07) is 5.86. The number of amides is 1. The average molecular weight is 555 g/mol. The highest BCUT2D eigenvalue weighted by molar-refractivity contribution is 6.42. The molecular formula is C25H26Cl2F6N2O. The molecule has 0 saturated carbocycles. The lowest BCUT2D eigenvalue weighted by Crippen LogP contribution is -2.35. The van der Waals surface area contributed by atoms with Crippen LogP contribution < -0.4 is 5.32 Å². The molecule has 0 aliphatic carbocycles. The van der Waals surface area contributed by atoms with Crippen LogP contribution in [-0.4, -0.2) is 37.0 Å². The van der Waals surface area contributed by atoms with Gasteiger partial charge in [0.2, 0.25) is 0 Å². The molecule has 198 valence electrons. The molecule has 1 fully saturated rings. The second-order valence-electron chi connectivity index (χ2n) is 9.19. The number of piperidine rings is 1. The van der Waals surface area contributed by atoms with E-state index >= 15 is 0 Å². The lowest BCUT2D eigenvalue weighted by molar-refractivity contribution is -0.143. The summed E-state index contributed by atoms with van der Waals surface area (Å²) in [5.41, 5.74) is -3.03. The van der Waals surface area contributed by atoms with E-state index in [0.717, 1.165) is 38.0 Å². The van der Waals surface area contributed by atoms with E-state index in [9.17, 15) is 31.1 Å². The van der Waals surface area contributed by atoms with Crippen LogP contribution in [0, 0.1) is 5.92 Å². The van der Waals surface area contributed by atoms with Gasteiger partial charge in [-0.05, 0) is 80.7 Å². The highest BCUT2D eigenvalue weighted by atomic mass is 35.5. The third-order valence-electron chi connectivity index (χ3n) is 6.44. The maximum Gasteiger partial charge on any atom is 0.416 e. The van der Waals surface area contributed by atoms with Crippen LogP contribution in [0.1, 0.15) is 59.2 Å². The Morgan fingerprint density at radius 3 is 2.08 bits per heavy atom. The van der Waals surface area contributed by atoms with E-state index in [1.807, 2.05) is 0 Å². The molecule has 1 N–H and O–H groups in total. The Kier molecular flexibility index (Phi) is 9.22. The van der Waals surface area contributed by atoms with Crippen molar-refractivity contribution in [3.8, 4) is 0 Å².